The highest BCUT2D eigenvalue weighted by molar-refractivity contribution is 5.94. The Labute approximate surface area is 118 Å². The number of benzene rings is 1. The van der Waals surface area contributed by atoms with Crippen LogP contribution in [0.3, 0.4) is 0 Å². The van der Waals surface area contributed by atoms with Crippen LogP contribution in [0.2, 0.25) is 0 Å². The molecule has 1 aromatic rings. The van der Waals surface area contributed by atoms with E-state index in [9.17, 15) is 9.18 Å². The van der Waals surface area contributed by atoms with E-state index in [4.69, 9.17) is 10.5 Å². The number of ether oxygens (including phenoxy) is 1. The number of primary amides is 1. The summed E-state index contributed by atoms with van der Waals surface area (Å²) >= 11 is 0. The van der Waals surface area contributed by atoms with Gasteiger partial charge in [0.2, 0.25) is 5.91 Å². The van der Waals surface area contributed by atoms with Crippen molar-refractivity contribution in [1.29, 1.82) is 0 Å². The van der Waals surface area contributed by atoms with Crippen molar-refractivity contribution in [1.82, 2.24) is 0 Å². The van der Waals surface area contributed by atoms with Gasteiger partial charge in [-0.05, 0) is 31.9 Å². The molecule has 5 heteroatoms. The Hall–Kier alpha value is -1.62. The van der Waals surface area contributed by atoms with Gasteiger partial charge in [0.1, 0.15) is 5.82 Å². The quantitative estimate of drug-likeness (QED) is 0.891. The van der Waals surface area contributed by atoms with Crippen molar-refractivity contribution in [3.63, 3.8) is 0 Å². The third-order valence-electron chi connectivity index (χ3n) is 3.98. The van der Waals surface area contributed by atoms with E-state index in [1.807, 2.05) is 0 Å². The monoisotopic (exact) mass is 280 g/mol. The fourth-order valence-electron chi connectivity index (χ4n) is 2.71. The summed E-state index contributed by atoms with van der Waals surface area (Å²) in [6.07, 6.45) is 4.34. The molecule has 20 heavy (non-hydrogen) atoms. The van der Waals surface area contributed by atoms with E-state index in [-0.39, 0.29) is 17.7 Å². The first kappa shape index (κ1) is 14.8. The highest BCUT2D eigenvalue weighted by atomic mass is 19.1. The van der Waals surface area contributed by atoms with Gasteiger partial charge in [0.15, 0.2) is 0 Å². The fourth-order valence-corrected chi connectivity index (χ4v) is 2.71. The number of nitrogens with two attached hydrogens (primary N) is 1. The molecule has 0 saturated heterocycles. The van der Waals surface area contributed by atoms with E-state index in [2.05, 4.69) is 5.32 Å². The largest absolute Gasteiger partial charge is 0.379 e. The number of hydrogen-bond acceptors (Lipinski definition) is 3. The Balaban J connectivity index is 2.25. The smallest absolute Gasteiger partial charge is 0.248 e. The number of carbonyl (C=O) groups excluding carboxylic acids is 1. The highest BCUT2D eigenvalue weighted by Crippen LogP contribution is 2.27. The summed E-state index contributed by atoms with van der Waals surface area (Å²) in [4.78, 5) is 11.2. The minimum absolute atomic E-state index is 0.114. The Bertz CT molecular complexity index is 505. The van der Waals surface area contributed by atoms with Crippen LogP contribution in [0, 0.1) is 12.7 Å². The highest BCUT2D eigenvalue weighted by Gasteiger charge is 2.25. The molecule has 0 bridgehead atoms. The molecule has 1 fully saturated rings. The number of rotatable bonds is 4. The van der Waals surface area contributed by atoms with E-state index in [1.54, 1.807) is 20.1 Å². The summed E-state index contributed by atoms with van der Waals surface area (Å²) < 4.78 is 19.3. The topological polar surface area (TPSA) is 64.3 Å². The maximum atomic E-state index is 13.9. The SMILES string of the molecule is COC1CCCCC1Nc1cc(C(N)=O)cc(F)c1C. The molecule has 1 amide bonds. The van der Waals surface area contributed by atoms with E-state index in [0.717, 1.165) is 25.7 Å². The number of methoxy groups -OCH3 is 1. The van der Waals surface area contributed by atoms with Crippen molar-refractivity contribution in [3.8, 4) is 0 Å². The fraction of sp³-hybridized carbons (Fsp3) is 0.533. The lowest BCUT2D eigenvalue weighted by Gasteiger charge is -2.32. The zero-order valence-corrected chi connectivity index (χ0v) is 11.9. The molecular weight excluding hydrogens is 259 g/mol. The second-order valence-electron chi connectivity index (χ2n) is 5.30. The summed E-state index contributed by atoms with van der Waals surface area (Å²) in [5.74, 6) is -1.05. The number of nitrogens with one attached hydrogen (secondary N) is 1. The molecule has 0 heterocycles. The summed E-state index contributed by atoms with van der Waals surface area (Å²) in [6.45, 7) is 1.69. The summed E-state index contributed by atoms with van der Waals surface area (Å²) in [5, 5.41) is 3.31. The number of halogens is 1. The predicted molar refractivity (Wildman–Crippen MR) is 76.3 cm³/mol. The Morgan fingerprint density at radius 1 is 1.40 bits per heavy atom. The normalized spacial score (nSPS) is 22.6. The lowest BCUT2D eigenvalue weighted by atomic mass is 9.92. The van der Waals surface area contributed by atoms with E-state index < -0.39 is 11.7 Å². The molecule has 1 saturated carbocycles. The number of amides is 1. The third kappa shape index (κ3) is 3.10. The van der Waals surface area contributed by atoms with Crippen LogP contribution in [0.4, 0.5) is 10.1 Å². The summed E-state index contributed by atoms with van der Waals surface area (Å²) in [5.41, 5.74) is 6.53. The molecule has 110 valence electrons. The first-order chi connectivity index (χ1) is 9.52. The average Bonchev–Trinajstić information content (AvgIpc) is 2.44. The van der Waals surface area contributed by atoms with E-state index in [1.165, 1.54) is 6.07 Å². The molecule has 0 spiro atoms. The van der Waals surface area contributed by atoms with Gasteiger partial charge in [-0.15, -0.1) is 0 Å². The van der Waals surface area contributed by atoms with Gasteiger partial charge < -0.3 is 15.8 Å². The molecule has 3 N–H and O–H groups in total. The van der Waals surface area contributed by atoms with Crippen molar-refractivity contribution in [3.05, 3.63) is 29.1 Å². The second-order valence-corrected chi connectivity index (χ2v) is 5.30. The van der Waals surface area contributed by atoms with Crippen LogP contribution in [-0.4, -0.2) is 25.2 Å². The molecule has 4 nitrogen and oxygen atoms in total. The number of anilines is 1. The van der Waals surface area contributed by atoms with Crippen LogP contribution < -0.4 is 11.1 Å². The molecule has 1 aliphatic rings. The Morgan fingerprint density at radius 3 is 2.75 bits per heavy atom. The van der Waals surface area contributed by atoms with Crippen molar-refractivity contribution >= 4 is 11.6 Å². The van der Waals surface area contributed by atoms with E-state index in [0.29, 0.717) is 11.3 Å². The van der Waals surface area contributed by atoms with E-state index >= 15 is 0 Å². The van der Waals surface area contributed by atoms with Crippen molar-refractivity contribution in [2.75, 3.05) is 12.4 Å². The van der Waals surface area contributed by atoms with Crippen LogP contribution in [0.1, 0.15) is 41.6 Å². The number of carbonyl (C=O) groups is 1. The Morgan fingerprint density at radius 2 is 2.10 bits per heavy atom. The molecule has 2 rings (SSSR count). The standard InChI is InChI=1S/C15H21FN2O2/c1-9-11(16)7-10(15(17)19)8-13(9)18-12-5-3-4-6-14(12)20-2/h7-8,12,14,18H,3-6H2,1-2H3,(H2,17,19). The van der Waals surface area contributed by atoms with Gasteiger partial charge >= 0.3 is 0 Å². The molecule has 0 aromatic heterocycles. The predicted octanol–water partition coefficient (Wildman–Crippen LogP) is 2.60. The molecule has 2 atom stereocenters. The summed E-state index contributed by atoms with van der Waals surface area (Å²) in [7, 11) is 1.69. The van der Waals surface area contributed by atoms with Gasteiger partial charge in [-0.1, -0.05) is 12.8 Å². The van der Waals surface area contributed by atoms with Crippen LogP contribution in [0.15, 0.2) is 12.1 Å². The second kappa shape index (κ2) is 6.22. The van der Waals surface area contributed by atoms with Crippen LogP contribution in [0.25, 0.3) is 0 Å². The molecule has 2 unspecified atom stereocenters. The lowest BCUT2D eigenvalue weighted by Crippen LogP contribution is -2.38. The molecular formula is C15H21FN2O2. The minimum Gasteiger partial charge on any atom is -0.379 e. The zero-order chi connectivity index (χ0) is 14.7. The summed E-state index contributed by atoms with van der Waals surface area (Å²) in [6, 6.07) is 2.93. The van der Waals surface area contributed by atoms with Gasteiger partial charge in [-0.25, -0.2) is 4.39 Å². The molecule has 1 aliphatic carbocycles. The first-order valence-corrected chi connectivity index (χ1v) is 6.92. The minimum atomic E-state index is -0.626. The average molecular weight is 280 g/mol. The van der Waals surface area contributed by atoms with Gasteiger partial charge in [-0.3, -0.25) is 4.79 Å². The third-order valence-corrected chi connectivity index (χ3v) is 3.98. The molecule has 1 aromatic carbocycles. The lowest BCUT2D eigenvalue weighted by molar-refractivity contribution is 0.0606. The Kier molecular flexibility index (Phi) is 4.60. The molecule has 0 aliphatic heterocycles. The molecule has 0 radical (unpaired) electrons. The van der Waals surface area contributed by atoms with Crippen molar-refractivity contribution in [2.24, 2.45) is 5.73 Å². The maximum absolute atomic E-state index is 13.9. The first-order valence-electron chi connectivity index (χ1n) is 6.92. The van der Waals surface area contributed by atoms with Gasteiger partial charge in [0, 0.05) is 23.9 Å². The van der Waals surface area contributed by atoms with Crippen molar-refractivity contribution in [2.45, 2.75) is 44.8 Å². The van der Waals surface area contributed by atoms with Gasteiger partial charge in [-0.2, -0.15) is 0 Å². The van der Waals surface area contributed by atoms with Crippen molar-refractivity contribution < 1.29 is 13.9 Å². The van der Waals surface area contributed by atoms with Crippen LogP contribution in [-0.2, 0) is 4.74 Å². The van der Waals surface area contributed by atoms with Crippen LogP contribution in [0.5, 0.6) is 0 Å². The van der Waals surface area contributed by atoms with Gasteiger partial charge in [0.25, 0.3) is 0 Å². The van der Waals surface area contributed by atoms with Crippen LogP contribution >= 0.6 is 0 Å². The maximum Gasteiger partial charge on any atom is 0.248 e. The number of hydrogen-bond donors (Lipinski definition) is 2. The zero-order valence-electron chi connectivity index (χ0n) is 11.9. The van der Waals surface area contributed by atoms with Gasteiger partial charge in [0.05, 0.1) is 12.1 Å².